The molecule has 1 aromatic rings. The third-order valence-corrected chi connectivity index (χ3v) is 3.77. The van der Waals surface area contributed by atoms with Gasteiger partial charge in [-0.3, -0.25) is 0 Å². The van der Waals surface area contributed by atoms with E-state index < -0.39 is 5.97 Å². The Morgan fingerprint density at radius 2 is 2.25 bits per heavy atom. The Morgan fingerprint density at radius 1 is 1.50 bits per heavy atom. The normalized spacial score (nSPS) is 18.9. The Hall–Kier alpha value is -1.98. The van der Waals surface area contributed by atoms with Crippen molar-refractivity contribution in [3.05, 3.63) is 17.5 Å². The molecule has 110 valence electrons. The van der Waals surface area contributed by atoms with Gasteiger partial charge in [0.1, 0.15) is 5.69 Å². The van der Waals surface area contributed by atoms with Crippen LogP contribution < -0.4 is 5.32 Å². The molecule has 2 heterocycles. The van der Waals surface area contributed by atoms with Gasteiger partial charge in [-0.05, 0) is 38.7 Å². The van der Waals surface area contributed by atoms with E-state index >= 15 is 0 Å². The van der Waals surface area contributed by atoms with E-state index in [1.807, 2.05) is 4.90 Å². The molecule has 1 aliphatic heterocycles. The molecule has 1 fully saturated rings. The average molecular weight is 279 g/mol. The molecule has 0 aliphatic carbocycles. The molecule has 6 nitrogen and oxygen atoms in total. The Bertz CT molecular complexity index is 510. The number of likely N-dealkylation sites (tertiary alicyclic amines) is 1. The third-order valence-electron chi connectivity index (χ3n) is 3.77. The monoisotopic (exact) mass is 279 g/mol. The van der Waals surface area contributed by atoms with Crippen molar-refractivity contribution in [3.63, 3.8) is 0 Å². The van der Waals surface area contributed by atoms with Crippen molar-refractivity contribution in [2.24, 2.45) is 0 Å². The number of hydrogen-bond acceptors (Lipinski definition) is 2. The molecule has 1 atom stereocenters. The van der Waals surface area contributed by atoms with Crippen LogP contribution in [0.15, 0.2) is 6.07 Å². The number of carbonyl (C=O) groups excluding carboxylic acids is 1. The number of H-pyrrole nitrogens is 1. The number of amides is 2. The van der Waals surface area contributed by atoms with Gasteiger partial charge in [-0.25, -0.2) is 9.59 Å². The second-order valence-corrected chi connectivity index (χ2v) is 5.23. The molecule has 0 bridgehead atoms. The number of carbonyl (C=O) groups is 2. The zero-order valence-electron chi connectivity index (χ0n) is 11.9. The summed E-state index contributed by atoms with van der Waals surface area (Å²) in [6.07, 6.45) is 4.08. The van der Waals surface area contributed by atoms with E-state index in [1.54, 1.807) is 13.0 Å². The first kappa shape index (κ1) is 14.4. The van der Waals surface area contributed by atoms with Crippen LogP contribution in [0.5, 0.6) is 0 Å². The minimum Gasteiger partial charge on any atom is -0.477 e. The number of urea groups is 1. The number of piperidine rings is 1. The van der Waals surface area contributed by atoms with Crippen LogP contribution in [0.1, 0.15) is 48.8 Å². The minimum atomic E-state index is -1.07. The number of aromatic nitrogens is 1. The zero-order chi connectivity index (χ0) is 14.7. The molecular formula is C14H21N3O3. The van der Waals surface area contributed by atoms with Crippen molar-refractivity contribution in [3.8, 4) is 0 Å². The van der Waals surface area contributed by atoms with Crippen LogP contribution in [0.2, 0.25) is 0 Å². The Balaban J connectivity index is 2.12. The number of hydrogen-bond donors (Lipinski definition) is 3. The van der Waals surface area contributed by atoms with E-state index in [0.29, 0.717) is 11.4 Å². The highest BCUT2D eigenvalue weighted by Gasteiger charge is 2.26. The van der Waals surface area contributed by atoms with Crippen LogP contribution >= 0.6 is 0 Å². The summed E-state index contributed by atoms with van der Waals surface area (Å²) in [5.41, 5.74) is 1.07. The Morgan fingerprint density at radius 3 is 2.90 bits per heavy atom. The summed E-state index contributed by atoms with van der Waals surface area (Å²) < 4.78 is 0. The lowest BCUT2D eigenvalue weighted by molar-refractivity contribution is 0.0692. The third kappa shape index (κ3) is 2.95. The van der Waals surface area contributed by atoms with Gasteiger partial charge in [-0.2, -0.15) is 0 Å². The predicted octanol–water partition coefficient (Wildman–Crippen LogP) is 2.82. The number of anilines is 1. The molecule has 6 heteroatoms. The maximum absolute atomic E-state index is 12.3. The van der Waals surface area contributed by atoms with Crippen molar-refractivity contribution in [1.82, 2.24) is 9.88 Å². The summed E-state index contributed by atoms with van der Waals surface area (Å²) in [4.78, 5) is 28.0. The fraction of sp³-hybridized carbons (Fsp3) is 0.571. The quantitative estimate of drug-likeness (QED) is 0.795. The number of nitrogens with zero attached hydrogens (tertiary/aromatic N) is 1. The first-order valence-corrected chi connectivity index (χ1v) is 7.03. The fourth-order valence-electron chi connectivity index (χ4n) is 2.74. The van der Waals surface area contributed by atoms with Gasteiger partial charge in [0.25, 0.3) is 0 Å². The lowest BCUT2D eigenvalue weighted by Crippen LogP contribution is -2.45. The van der Waals surface area contributed by atoms with E-state index in [0.717, 1.165) is 32.2 Å². The zero-order valence-corrected chi connectivity index (χ0v) is 11.9. The number of nitrogens with one attached hydrogen (secondary N) is 2. The predicted molar refractivity (Wildman–Crippen MR) is 76.1 cm³/mol. The number of aromatic amines is 1. The Labute approximate surface area is 118 Å². The lowest BCUT2D eigenvalue weighted by Gasteiger charge is -2.35. The van der Waals surface area contributed by atoms with Crippen LogP contribution in [0.25, 0.3) is 0 Å². The molecule has 2 rings (SSSR count). The van der Waals surface area contributed by atoms with E-state index in [9.17, 15) is 9.59 Å². The summed E-state index contributed by atoms with van der Waals surface area (Å²) in [5, 5.41) is 11.8. The number of aromatic carboxylic acids is 1. The van der Waals surface area contributed by atoms with E-state index in [4.69, 9.17) is 5.11 Å². The first-order chi connectivity index (χ1) is 9.52. The molecule has 0 aromatic carbocycles. The van der Waals surface area contributed by atoms with Gasteiger partial charge in [0.2, 0.25) is 0 Å². The summed E-state index contributed by atoms with van der Waals surface area (Å²) in [6, 6.07) is 1.68. The summed E-state index contributed by atoms with van der Waals surface area (Å²) in [7, 11) is 0. The average Bonchev–Trinajstić information content (AvgIpc) is 2.79. The van der Waals surface area contributed by atoms with Crippen molar-refractivity contribution in [2.75, 3.05) is 11.9 Å². The topological polar surface area (TPSA) is 85.4 Å². The summed E-state index contributed by atoms with van der Waals surface area (Å²) >= 11 is 0. The molecule has 1 saturated heterocycles. The van der Waals surface area contributed by atoms with Crippen molar-refractivity contribution >= 4 is 17.7 Å². The number of rotatable bonds is 3. The van der Waals surface area contributed by atoms with Gasteiger partial charge in [0.15, 0.2) is 0 Å². The van der Waals surface area contributed by atoms with Crippen molar-refractivity contribution < 1.29 is 14.7 Å². The van der Waals surface area contributed by atoms with Crippen LogP contribution in [0.3, 0.4) is 0 Å². The highest BCUT2D eigenvalue weighted by Crippen LogP contribution is 2.22. The van der Waals surface area contributed by atoms with Gasteiger partial charge in [0.05, 0.1) is 5.69 Å². The van der Waals surface area contributed by atoms with Crippen LogP contribution in [-0.2, 0) is 0 Å². The number of carboxylic acid groups (broad SMARTS) is 1. The van der Waals surface area contributed by atoms with Gasteiger partial charge in [-0.15, -0.1) is 0 Å². The second kappa shape index (κ2) is 5.98. The molecule has 1 aromatic heterocycles. The second-order valence-electron chi connectivity index (χ2n) is 5.23. The van der Waals surface area contributed by atoms with E-state index in [-0.39, 0.29) is 17.8 Å². The molecular weight excluding hydrogens is 258 g/mol. The highest BCUT2D eigenvalue weighted by atomic mass is 16.4. The number of carboxylic acids is 1. The van der Waals surface area contributed by atoms with Crippen molar-refractivity contribution in [2.45, 2.75) is 45.6 Å². The maximum Gasteiger partial charge on any atom is 0.354 e. The number of aryl methyl sites for hydroxylation is 1. The SMILES string of the molecule is CCC1CCCCN1C(=O)Nc1cc(C)[nH]c1C(=O)O. The maximum atomic E-state index is 12.3. The lowest BCUT2D eigenvalue weighted by atomic mass is 10.0. The molecule has 0 saturated carbocycles. The largest absolute Gasteiger partial charge is 0.477 e. The molecule has 0 spiro atoms. The smallest absolute Gasteiger partial charge is 0.354 e. The molecule has 1 unspecified atom stereocenters. The molecule has 1 aliphatic rings. The Kier molecular flexibility index (Phi) is 4.32. The summed E-state index contributed by atoms with van der Waals surface area (Å²) in [6.45, 7) is 4.56. The molecule has 20 heavy (non-hydrogen) atoms. The molecule has 2 amide bonds. The molecule has 0 radical (unpaired) electrons. The molecule has 3 N–H and O–H groups in total. The first-order valence-electron chi connectivity index (χ1n) is 7.03. The summed E-state index contributed by atoms with van der Waals surface area (Å²) in [5.74, 6) is -1.07. The van der Waals surface area contributed by atoms with Crippen LogP contribution in [-0.4, -0.2) is 39.6 Å². The van der Waals surface area contributed by atoms with Gasteiger partial charge < -0.3 is 20.3 Å². The minimum absolute atomic E-state index is 0.0286. The fourth-order valence-corrected chi connectivity index (χ4v) is 2.74. The van der Waals surface area contributed by atoms with Gasteiger partial charge in [0, 0.05) is 18.3 Å². The van der Waals surface area contributed by atoms with E-state index in [2.05, 4.69) is 17.2 Å². The highest BCUT2D eigenvalue weighted by molar-refractivity contribution is 5.99. The van der Waals surface area contributed by atoms with Crippen LogP contribution in [0, 0.1) is 6.92 Å². The van der Waals surface area contributed by atoms with Gasteiger partial charge >= 0.3 is 12.0 Å². The van der Waals surface area contributed by atoms with Crippen molar-refractivity contribution in [1.29, 1.82) is 0 Å². The van der Waals surface area contributed by atoms with Gasteiger partial charge in [-0.1, -0.05) is 6.92 Å². The van der Waals surface area contributed by atoms with E-state index in [1.165, 1.54) is 0 Å². The standard InChI is InChI=1S/C14H21N3O3/c1-3-10-6-4-5-7-17(10)14(20)16-11-8-9(2)15-12(11)13(18)19/h8,10,15H,3-7H2,1-2H3,(H,16,20)(H,18,19). The van der Waals surface area contributed by atoms with Crippen LogP contribution in [0.4, 0.5) is 10.5 Å².